The third kappa shape index (κ3) is 4.28. The number of aromatic nitrogens is 3. The van der Waals surface area contributed by atoms with E-state index in [2.05, 4.69) is 40.5 Å². The van der Waals surface area contributed by atoms with Crippen LogP contribution in [-0.4, -0.2) is 31.8 Å². The number of thiocarbonyl (C=S) groups is 1. The van der Waals surface area contributed by atoms with Crippen LogP contribution in [-0.2, 0) is 0 Å². The molecule has 0 saturated heterocycles. The zero-order chi connectivity index (χ0) is 19.6. The average molecular weight is 400 g/mol. The highest BCUT2D eigenvalue weighted by molar-refractivity contribution is 7.80. The van der Waals surface area contributed by atoms with Crippen LogP contribution in [0.3, 0.4) is 0 Å². The first-order valence-corrected chi connectivity index (χ1v) is 9.41. The summed E-state index contributed by atoms with van der Waals surface area (Å²) in [6.45, 7) is 6.16. The van der Waals surface area contributed by atoms with Crippen molar-refractivity contribution in [2.75, 3.05) is 12.4 Å². The standard InChI is InChI=1S/C20H22ClN5S/c1-13-9-14(2)19(18(21)10-13)24-20(27)25(4)15(3)16-5-7-17(8-6-16)26-12-22-11-23-26/h5-12,15H,1-4H3,(H,24,27)/t15-/m0/s1. The number of nitrogens with zero attached hydrogens (tertiary/aromatic N) is 4. The van der Waals surface area contributed by atoms with Gasteiger partial charge in [-0.05, 0) is 67.9 Å². The molecule has 0 bridgehead atoms. The van der Waals surface area contributed by atoms with Crippen LogP contribution in [0.25, 0.3) is 5.69 Å². The summed E-state index contributed by atoms with van der Waals surface area (Å²) in [5.41, 5.74) is 5.17. The van der Waals surface area contributed by atoms with E-state index in [0.717, 1.165) is 28.1 Å². The number of halogens is 1. The summed E-state index contributed by atoms with van der Waals surface area (Å²) >= 11 is 12.0. The minimum Gasteiger partial charge on any atom is -0.345 e. The molecule has 5 nitrogen and oxygen atoms in total. The van der Waals surface area contributed by atoms with E-state index in [4.69, 9.17) is 23.8 Å². The van der Waals surface area contributed by atoms with E-state index in [1.165, 1.54) is 6.33 Å². The molecule has 27 heavy (non-hydrogen) atoms. The molecule has 1 atom stereocenters. The second kappa shape index (κ2) is 8.06. The van der Waals surface area contributed by atoms with Crippen molar-refractivity contribution in [2.24, 2.45) is 0 Å². The first-order chi connectivity index (χ1) is 12.9. The molecular weight excluding hydrogens is 378 g/mol. The molecular formula is C20H22ClN5S. The predicted octanol–water partition coefficient (Wildman–Crippen LogP) is 4.93. The maximum absolute atomic E-state index is 6.39. The Labute approximate surface area is 170 Å². The zero-order valence-electron chi connectivity index (χ0n) is 15.8. The average Bonchev–Trinajstić information content (AvgIpc) is 3.18. The van der Waals surface area contributed by atoms with Crippen LogP contribution >= 0.6 is 23.8 Å². The Morgan fingerprint density at radius 1 is 1.22 bits per heavy atom. The molecule has 0 spiro atoms. The fourth-order valence-corrected chi connectivity index (χ4v) is 3.54. The van der Waals surface area contributed by atoms with Gasteiger partial charge in [-0.3, -0.25) is 0 Å². The van der Waals surface area contributed by atoms with Crippen molar-refractivity contribution in [2.45, 2.75) is 26.8 Å². The van der Waals surface area contributed by atoms with Crippen molar-refractivity contribution in [3.63, 3.8) is 0 Å². The topological polar surface area (TPSA) is 46.0 Å². The molecule has 3 aromatic rings. The molecule has 1 aromatic heterocycles. The summed E-state index contributed by atoms with van der Waals surface area (Å²) in [7, 11) is 1.97. The monoisotopic (exact) mass is 399 g/mol. The number of aryl methyl sites for hydroxylation is 2. The predicted molar refractivity (Wildman–Crippen MR) is 115 cm³/mol. The minimum absolute atomic E-state index is 0.0966. The lowest BCUT2D eigenvalue weighted by Crippen LogP contribution is -2.33. The number of hydrogen-bond acceptors (Lipinski definition) is 3. The maximum Gasteiger partial charge on any atom is 0.173 e. The molecule has 0 aliphatic rings. The number of hydrogen-bond donors (Lipinski definition) is 1. The van der Waals surface area contributed by atoms with Gasteiger partial charge in [0.05, 0.1) is 22.4 Å². The van der Waals surface area contributed by atoms with Crippen LogP contribution in [0.4, 0.5) is 5.69 Å². The fourth-order valence-electron chi connectivity index (χ4n) is 2.92. The second-order valence-corrected chi connectivity index (χ2v) is 7.38. The van der Waals surface area contributed by atoms with Gasteiger partial charge in [-0.2, -0.15) is 5.10 Å². The minimum atomic E-state index is 0.0966. The molecule has 0 saturated carbocycles. The number of nitrogens with one attached hydrogen (secondary N) is 1. The molecule has 7 heteroatoms. The molecule has 0 amide bonds. The molecule has 2 aromatic carbocycles. The Kier molecular flexibility index (Phi) is 5.77. The Balaban J connectivity index is 1.73. The van der Waals surface area contributed by atoms with Crippen molar-refractivity contribution >= 4 is 34.6 Å². The zero-order valence-corrected chi connectivity index (χ0v) is 17.3. The number of anilines is 1. The number of benzene rings is 2. The molecule has 140 valence electrons. The Morgan fingerprint density at radius 2 is 1.93 bits per heavy atom. The maximum atomic E-state index is 6.39. The summed E-state index contributed by atoms with van der Waals surface area (Å²) in [5, 5.41) is 8.73. The molecule has 1 heterocycles. The van der Waals surface area contributed by atoms with E-state index in [0.29, 0.717) is 10.1 Å². The number of rotatable bonds is 4. The van der Waals surface area contributed by atoms with Gasteiger partial charge in [0.15, 0.2) is 5.11 Å². The third-order valence-electron chi connectivity index (χ3n) is 4.62. The summed E-state index contributed by atoms with van der Waals surface area (Å²) < 4.78 is 1.73. The lowest BCUT2D eigenvalue weighted by molar-refractivity contribution is 0.408. The molecule has 3 rings (SSSR count). The van der Waals surface area contributed by atoms with Crippen LogP contribution in [0.5, 0.6) is 0 Å². The summed E-state index contributed by atoms with van der Waals surface area (Å²) in [6.07, 6.45) is 3.20. The highest BCUT2D eigenvalue weighted by atomic mass is 35.5. The SMILES string of the molecule is Cc1cc(C)c(NC(=S)N(C)[C@@H](C)c2ccc(-n3cncn3)cc2)c(Cl)c1. The van der Waals surface area contributed by atoms with Crippen molar-refractivity contribution < 1.29 is 0 Å². The van der Waals surface area contributed by atoms with Gasteiger partial charge in [0, 0.05) is 7.05 Å². The van der Waals surface area contributed by atoms with Crippen LogP contribution in [0, 0.1) is 13.8 Å². The lowest BCUT2D eigenvalue weighted by atomic mass is 10.1. The molecule has 0 aliphatic heterocycles. The normalized spacial score (nSPS) is 11.9. The van der Waals surface area contributed by atoms with Gasteiger partial charge in [0.1, 0.15) is 12.7 Å². The highest BCUT2D eigenvalue weighted by Gasteiger charge is 2.16. The van der Waals surface area contributed by atoms with Gasteiger partial charge in [0.2, 0.25) is 0 Å². The van der Waals surface area contributed by atoms with E-state index < -0.39 is 0 Å². The van der Waals surface area contributed by atoms with Gasteiger partial charge in [-0.15, -0.1) is 0 Å². The summed E-state index contributed by atoms with van der Waals surface area (Å²) in [5.74, 6) is 0. The van der Waals surface area contributed by atoms with Crippen molar-refractivity contribution in [1.82, 2.24) is 19.7 Å². The lowest BCUT2D eigenvalue weighted by Gasteiger charge is -2.29. The Morgan fingerprint density at radius 3 is 2.52 bits per heavy atom. The molecule has 0 radical (unpaired) electrons. The summed E-state index contributed by atoms with van der Waals surface area (Å²) in [4.78, 5) is 6.00. The van der Waals surface area contributed by atoms with Gasteiger partial charge in [-0.1, -0.05) is 29.8 Å². The quantitative estimate of drug-likeness (QED) is 0.630. The first-order valence-electron chi connectivity index (χ1n) is 8.62. The largest absolute Gasteiger partial charge is 0.345 e. The first kappa shape index (κ1) is 19.3. The van der Waals surface area contributed by atoms with Crippen LogP contribution in [0.15, 0.2) is 49.1 Å². The van der Waals surface area contributed by atoms with Crippen LogP contribution in [0.2, 0.25) is 5.02 Å². The Hall–Kier alpha value is -2.44. The van der Waals surface area contributed by atoms with Gasteiger partial charge in [0.25, 0.3) is 0 Å². The van der Waals surface area contributed by atoms with E-state index in [-0.39, 0.29) is 6.04 Å². The van der Waals surface area contributed by atoms with E-state index >= 15 is 0 Å². The van der Waals surface area contributed by atoms with Gasteiger partial charge < -0.3 is 10.2 Å². The molecule has 0 fully saturated rings. The summed E-state index contributed by atoms with van der Waals surface area (Å²) in [6, 6.07) is 12.3. The second-order valence-electron chi connectivity index (χ2n) is 6.59. The van der Waals surface area contributed by atoms with E-state index in [1.807, 2.05) is 44.0 Å². The highest BCUT2D eigenvalue weighted by Crippen LogP contribution is 2.28. The van der Waals surface area contributed by atoms with Gasteiger partial charge >= 0.3 is 0 Å². The van der Waals surface area contributed by atoms with E-state index in [1.54, 1.807) is 11.0 Å². The third-order valence-corrected chi connectivity index (χ3v) is 5.31. The van der Waals surface area contributed by atoms with E-state index in [9.17, 15) is 0 Å². The van der Waals surface area contributed by atoms with Crippen molar-refractivity contribution in [3.05, 3.63) is 70.8 Å². The Bertz CT molecular complexity index is 915. The molecule has 0 aliphatic carbocycles. The van der Waals surface area contributed by atoms with Crippen LogP contribution < -0.4 is 5.32 Å². The van der Waals surface area contributed by atoms with Gasteiger partial charge in [-0.25, -0.2) is 9.67 Å². The fraction of sp³-hybridized carbons (Fsp3) is 0.250. The smallest absolute Gasteiger partial charge is 0.173 e. The van der Waals surface area contributed by atoms with Crippen molar-refractivity contribution in [1.29, 1.82) is 0 Å². The van der Waals surface area contributed by atoms with Crippen LogP contribution in [0.1, 0.15) is 29.7 Å². The molecule has 1 N–H and O–H groups in total. The van der Waals surface area contributed by atoms with Crippen molar-refractivity contribution in [3.8, 4) is 5.69 Å². The molecule has 0 unspecified atom stereocenters.